The number of carbonyl (C=O) groups is 2. The molecule has 0 aromatic heterocycles. The van der Waals surface area contributed by atoms with Gasteiger partial charge in [0.25, 0.3) is 0 Å². The van der Waals surface area contributed by atoms with Gasteiger partial charge < -0.3 is 10.0 Å². The second kappa shape index (κ2) is 4.99. The number of hydrogen-bond acceptors (Lipinski definition) is 2. The molecule has 0 saturated carbocycles. The lowest BCUT2D eigenvalue weighted by Gasteiger charge is -2.20. The van der Waals surface area contributed by atoms with Gasteiger partial charge in [-0.15, -0.1) is 0 Å². The summed E-state index contributed by atoms with van der Waals surface area (Å²) in [6, 6.07) is 5.72. The minimum Gasteiger partial charge on any atom is -0.481 e. The molecule has 1 aromatic rings. The third-order valence-corrected chi connectivity index (χ3v) is 2.67. The lowest BCUT2D eigenvalue weighted by atomic mass is 10.1. The quantitative estimate of drug-likeness (QED) is 0.815. The Morgan fingerprint density at radius 1 is 1.18 bits per heavy atom. The number of amides is 1. The summed E-state index contributed by atoms with van der Waals surface area (Å²) in [5.41, 5.74) is 2.81. The number of carbonyl (C=O) groups excluding carboxylic acids is 1. The van der Waals surface area contributed by atoms with Crippen molar-refractivity contribution in [2.45, 2.75) is 20.8 Å². The second-order valence-corrected chi connectivity index (χ2v) is 4.30. The second-order valence-electron chi connectivity index (χ2n) is 4.30. The molecule has 92 valence electrons. The van der Waals surface area contributed by atoms with Crippen LogP contribution in [0.5, 0.6) is 0 Å². The summed E-state index contributed by atoms with van der Waals surface area (Å²) in [5.74, 6) is -2.55. The molecule has 0 heterocycles. The predicted molar refractivity (Wildman–Crippen MR) is 66.1 cm³/mol. The van der Waals surface area contributed by atoms with Crippen LogP contribution in [0.2, 0.25) is 0 Å². The van der Waals surface area contributed by atoms with Crippen molar-refractivity contribution >= 4 is 17.6 Å². The Hall–Kier alpha value is -1.84. The van der Waals surface area contributed by atoms with E-state index < -0.39 is 17.8 Å². The van der Waals surface area contributed by atoms with E-state index in [9.17, 15) is 9.59 Å². The summed E-state index contributed by atoms with van der Waals surface area (Å²) in [5, 5.41) is 8.81. The molecule has 0 radical (unpaired) electrons. The van der Waals surface area contributed by atoms with Crippen LogP contribution < -0.4 is 4.90 Å². The van der Waals surface area contributed by atoms with E-state index in [1.54, 1.807) is 7.05 Å². The van der Waals surface area contributed by atoms with Crippen molar-refractivity contribution in [3.05, 3.63) is 29.3 Å². The number of hydrogen-bond donors (Lipinski definition) is 1. The predicted octanol–water partition coefficient (Wildman–Crippen LogP) is 1.99. The van der Waals surface area contributed by atoms with E-state index in [0.29, 0.717) is 0 Å². The van der Waals surface area contributed by atoms with Crippen molar-refractivity contribution in [1.29, 1.82) is 0 Å². The van der Waals surface area contributed by atoms with E-state index in [1.807, 2.05) is 32.0 Å². The van der Waals surface area contributed by atoms with Gasteiger partial charge in [-0.05, 0) is 44.0 Å². The van der Waals surface area contributed by atoms with Crippen LogP contribution in [-0.4, -0.2) is 24.0 Å². The Morgan fingerprint density at radius 2 is 1.65 bits per heavy atom. The lowest BCUT2D eigenvalue weighted by Crippen LogP contribution is -2.35. The molecular formula is C13H17NO3. The number of carboxylic acids is 1. The van der Waals surface area contributed by atoms with Gasteiger partial charge in [0, 0.05) is 12.7 Å². The van der Waals surface area contributed by atoms with E-state index in [1.165, 1.54) is 11.8 Å². The van der Waals surface area contributed by atoms with Crippen LogP contribution >= 0.6 is 0 Å². The highest BCUT2D eigenvalue weighted by molar-refractivity contribution is 6.05. The molecule has 0 saturated heterocycles. The summed E-state index contributed by atoms with van der Waals surface area (Å²) in [6.45, 7) is 5.27. The molecule has 4 heteroatoms. The molecule has 0 aliphatic heterocycles. The average molecular weight is 235 g/mol. The van der Waals surface area contributed by atoms with Crippen molar-refractivity contribution in [3.8, 4) is 0 Å². The first-order valence-corrected chi connectivity index (χ1v) is 5.41. The number of benzene rings is 1. The van der Waals surface area contributed by atoms with Crippen molar-refractivity contribution in [2.75, 3.05) is 11.9 Å². The Balaban J connectivity index is 3.00. The fourth-order valence-electron chi connectivity index (χ4n) is 1.67. The molecule has 4 nitrogen and oxygen atoms in total. The van der Waals surface area contributed by atoms with Gasteiger partial charge in [0.2, 0.25) is 5.91 Å². The molecule has 1 amide bonds. The van der Waals surface area contributed by atoms with Crippen LogP contribution in [0, 0.1) is 19.8 Å². The van der Waals surface area contributed by atoms with Crippen LogP contribution in [0.1, 0.15) is 18.1 Å². The first-order chi connectivity index (χ1) is 7.82. The van der Waals surface area contributed by atoms with Gasteiger partial charge in [-0.25, -0.2) is 0 Å². The van der Waals surface area contributed by atoms with E-state index in [-0.39, 0.29) is 0 Å². The number of aliphatic carboxylic acids is 1. The number of carboxylic acid groups (broad SMARTS) is 1. The highest BCUT2D eigenvalue weighted by atomic mass is 16.4. The number of rotatable bonds is 3. The molecule has 1 unspecified atom stereocenters. The van der Waals surface area contributed by atoms with E-state index in [0.717, 1.165) is 16.8 Å². The summed E-state index contributed by atoms with van der Waals surface area (Å²) < 4.78 is 0. The molecule has 0 spiro atoms. The van der Waals surface area contributed by atoms with Gasteiger partial charge in [0.1, 0.15) is 5.92 Å². The van der Waals surface area contributed by atoms with Crippen LogP contribution in [0.4, 0.5) is 5.69 Å². The Morgan fingerprint density at radius 3 is 2.06 bits per heavy atom. The molecule has 1 rings (SSSR count). The van der Waals surface area contributed by atoms with Gasteiger partial charge >= 0.3 is 5.97 Å². The van der Waals surface area contributed by atoms with Crippen LogP contribution in [0.3, 0.4) is 0 Å². The fraction of sp³-hybridized carbons (Fsp3) is 0.385. The molecule has 1 N–H and O–H groups in total. The van der Waals surface area contributed by atoms with Gasteiger partial charge in [0.05, 0.1) is 0 Å². The van der Waals surface area contributed by atoms with E-state index in [4.69, 9.17) is 5.11 Å². The molecule has 1 aromatic carbocycles. The van der Waals surface area contributed by atoms with Gasteiger partial charge in [-0.3, -0.25) is 9.59 Å². The number of aryl methyl sites for hydroxylation is 2. The molecule has 0 bridgehead atoms. The smallest absolute Gasteiger partial charge is 0.315 e. The topological polar surface area (TPSA) is 57.6 Å². The molecule has 17 heavy (non-hydrogen) atoms. The highest BCUT2D eigenvalue weighted by Gasteiger charge is 2.24. The average Bonchev–Trinajstić information content (AvgIpc) is 2.24. The fourth-order valence-corrected chi connectivity index (χ4v) is 1.67. The third kappa shape index (κ3) is 3.06. The van der Waals surface area contributed by atoms with Crippen molar-refractivity contribution in [3.63, 3.8) is 0 Å². The highest BCUT2D eigenvalue weighted by Crippen LogP contribution is 2.19. The lowest BCUT2D eigenvalue weighted by molar-refractivity contribution is -0.145. The Kier molecular flexibility index (Phi) is 3.89. The maximum atomic E-state index is 11.9. The van der Waals surface area contributed by atoms with Crippen LogP contribution in [-0.2, 0) is 9.59 Å². The number of nitrogens with zero attached hydrogens (tertiary/aromatic N) is 1. The summed E-state index contributed by atoms with van der Waals surface area (Å²) in [6.07, 6.45) is 0. The van der Waals surface area contributed by atoms with E-state index in [2.05, 4.69) is 0 Å². The zero-order valence-electron chi connectivity index (χ0n) is 10.5. The Bertz CT molecular complexity index is 434. The maximum absolute atomic E-state index is 11.9. The van der Waals surface area contributed by atoms with E-state index >= 15 is 0 Å². The van der Waals surface area contributed by atoms with Gasteiger partial charge in [-0.1, -0.05) is 6.07 Å². The SMILES string of the molecule is Cc1cc(C)cc(N(C)C(=O)C(C)C(=O)O)c1. The molecule has 0 aliphatic rings. The molecule has 1 atom stereocenters. The summed E-state index contributed by atoms with van der Waals surface area (Å²) >= 11 is 0. The van der Waals surface area contributed by atoms with Gasteiger partial charge in [0.15, 0.2) is 0 Å². The largest absolute Gasteiger partial charge is 0.481 e. The normalized spacial score (nSPS) is 12.0. The standard InChI is InChI=1S/C13H17NO3/c1-8-5-9(2)7-11(6-8)14(4)12(15)10(3)13(16)17/h5-7,10H,1-4H3,(H,16,17). The maximum Gasteiger partial charge on any atom is 0.315 e. The first kappa shape index (κ1) is 13.2. The van der Waals surface area contributed by atoms with Crippen molar-refractivity contribution in [2.24, 2.45) is 5.92 Å². The molecule has 0 aliphatic carbocycles. The molecule has 0 fully saturated rings. The third-order valence-electron chi connectivity index (χ3n) is 2.67. The number of anilines is 1. The monoisotopic (exact) mass is 235 g/mol. The zero-order chi connectivity index (χ0) is 13.2. The molecular weight excluding hydrogens is 218 g/mol. The van der Waals surface area contributed by atoms with Crippen molar-refractivity contribution in [1.82, 2.24) is 0 Å². The minimum atomic E-state index is -1.11. The Labute approximate surface area is 101 Å². The minimum absolute atomic E-state index is 0.414. The van der Waals surface area contributed by atoms with Crippen molar-refractivity contribution < 1.29 is 14.7 Å². The van der Waals surface area contributed by atoms with Crippen LogP contribution in [0.15, 0.2) is 18.2 Å². The van der Waals surface area contributed by atoms with Gasteiger partial charge in [-0.2, -0.15) is 0 Å². The first-order valence-electron chi connectivity index (χ1n) is 5.41. The summed E-state index contributed by atoms with van der Waals surface area (Å²) in [7, 11) is 1.59. The summed E-state index contributed by atoms with van der Waals surface area (Å²) in [4.78, 5) is 24.0. The zero-order valence-corrected chi connectivity index (χ0v) is 10.5. The van der Waals surface area contributed by atoms with Crippen LogP contribution in [0.25, 0.3) is 0 Å².